The van der Waals surface area contributed by atoms with E-state index < -0.39 is 0 Å². The Morgan fingerprint density at radius 2 is 1.81 bits per heavy atom. The van der Waals surface area contributed by atoms with Crippen LogP contribution in [0.3, 0.4) is 0 Å². The average Bonchev–Trinajstić information content (AvgIpc) is 2.87. The summed E-state index contributed by atoms with van der Waals surface area (Å²) in [6.45, 7) is 16.6. The molecule has 0 unspecified atom stereocenters. The second kappa shape index (κ2) is 6.00. The van der Waals surface area contributed by atoms with E-state index in [1.54, 1.807) is 0 Å². The van der Waals surface area contributed by atoms with Crippen LogP contribution in [0, 0.1) is 5.92 Å². The minimum Gasteiger partial charge on any atom is -0.493 e. The van der Waals surface area contributed by atoms with Crippen molar-refractivity contribution < 1.29 is 4.74 Å². The summed E-state index contributed by atoms with van der Waals surface area (Å²) in [4.78, 5) is 0. The van der Waals surface area contributed by atoms with Crippen molar-refractivity contribution in [3.05, 3.63) is 29.3 Å². The molecule has 0 spiro atoms. The van der Waals surface area contributed by atoms with Gasteiger partial charge in [-0.3, -0.25) is 0 Å². The summed E-state index contributed by atoms with van der Waals surface area (Å²) in [6.07, 6.45) is 1.23. The monoisotopic (exact) mass is 289 g/mol. The highest BCUT2D eigenvalue weighted by atomic mass is 16.5. The van der Waals surface area contributed by atoms with Gasteiger partial charge in [0.1, 0.15) is 5.75 Å². The minimum absolute atomic E-state index is 0.102. The Kier molecular flexibility index (Phi) is 4.67. The summed E-state index contributed by atoms with van der Waals surface area (Å²) in [5.74, 6) is 1.71. The van der Waals surface area contributed by atoms with E-state index in [1.165, 1.54) is 17.5 Å². The number of benzene rings is 1. The maximum absolute atomic E-state index is 6.18. The Bertz CT molecular complexity index is 473. The third-order valence-electron chi connectivity index (χ3n) is 4.29. The molecule has 0 aliphatic carbocycles. The second-order valence-corrected chi connectivity index (χ2v) is 8.38. The van der Waals surface area contributed by atoms with Gasteiger partial charge in [-0.25, -0.2) is 0 Å². The molecule has 2 heteroatoms. The number of rotatable bonds is 3. The molecule has 1 N–H and O–H groups in total. The van der Waals surface area contributed by atoms with Crippen LogP contribution in [0.5, 0.6) is 5.75 Å². The molecule has 118 valence electrons. The molecule has 1 heterocycles. The lowest BCUT2D eigenvalue weighted by Crippen LogP contribution is -2.20. The highest BCUT2D eigenvalue weighted by Crippen LogP contribution is 2.35. The Hall–Kier alpha value is -1.02. The first-order valence-electron chi connectivity index (χ1n) is 8.16. The molecule has 1 saturated heterocycles. The van der Waals surface area contributed by atoms with Crippen LogP contribution in [0.15, 0.2) is 18.2 Å². The molecule has 0 aromatic heterocycles. The molecule has 1 aromatic carbocycles. The summed E-state index contributed by atoms with van der Waals surface area (Å²) in [6, 6.07) is 6.73. The van der Waals surface area contributed by atoms with Gasteiger partial charge in [0.2, 0.25) is 0 Å². The Morgan fingerprint density at radius 3 is 2.33 bits per heavy atom. The molecular weight excluding hydrogens is 258 g/mol. The van der Waals surface area contributed by atoms with Gasteiger partial charge in [-0.1, -0.05) is 53.7 Å². The lowest BCUT2D eigenvalue weighted by atomic mass is 9.80. The van der Waals surface area contributed by atoms with E-state index in [2.05, 4.69) is 65.1 Å². The van der Waals surface area contributed by atoms with E-state index in [9.17, 15) is 0 Å². The summed E-state index contributed by atoms with van der Waals surface area (Å²) >= 11 is 0. The van der Waals surface area contributed by atoms with Crippen LogP contribution < -0.4 is 10.1 Å². The summed E-state index contributed by atoms with van der Waals surface area (Å²) in [7, 11) is 0. The average molecular weight is 289 g/mol. The molecule has 1 aliphatic heterocycles. The molecule has 0 bridgehead atoms. The van der Waals surface area contributed by atoms with Gasteiger partial charge >= 0.3 is 0 Å². The Labute approximate surface area is 130 Å². The van der Waals surface area contributed by atoms with Crippen molar-refractivity contribution in [1.82, 2.24) is 5.32 Å². The van der Waals surface area contributed by atoms with E-state index in [-0.39, 0.29) is 10.8 Å². The highest BCUT2D eigenvalue weighted by Gasteiger charge is 2.24. The number of nitrogens with one attached hydrogen (secondary N) is 1. The normalized spacial score (nSPS) is 19.8. The van der Waals surface area contributed by atoms with Crippen LogP contribution >= 0.6 is 0 Å². The highest BCUT2D eigenvalue weighted by molar-refractivity contribution is 5.43. The SMILES string of the molecule is CC(C)(C)c1ccc(OC[C@@H]2CCNC2)c(C(C)(C)C)c1. The van der Waals surface area contributed by atoms with Gasteiger partial charge in [0.15, 0.2) is 0 Å². The third-order valence-corrected chi connectivity index (χ3v) is 4.29. The fourth-order valence-electron chi connectivity index (χ4n) is 2.77. The zero-order valence-corrected chi connectivity index (χ0v) is 14.5. The smallest absolute Gasteiger partial charge is 0.123 e. The van der Waals surface area contributed by atoms with E-state index in [0.29, 0.717) is 5.92 Å². The van der Waals surface area contributed by atoms with Crippen molar-refractivity contribution in [1.29, 1.82) is 0 Å². The lowest BCUT2D eigenvalue weighted by molar-refractivity contribution is 0.254. The molecule has 2 rings (SSSR count). The molecule has 0 amide bonds. The Balaban J connectivity index is 2.23. The fraction of sp³-hybridized carbons (Fsp3) is 0.684. The summed E-state index contributed by atoms with van der Waals surface area (Å²) in [5.41, 5.74) is 2.97. The molecule has 1 aliphatic rings. The molecule has 1 atom stereocenters. The molecule has 0 radical (unpaired) electrons. The standard InChI is InChI=1S/C19H31NO/c1-18(2,3)15-7-8-17(16(11-15)19(4,5)6)21-13-14-9-10-20-12-14/h7-8,11,14,20H,9-10,12-13H2,1-6H3/t14-/m1/s1. The van der Waals surface area contributed by atoms with E-state index in [0.717, 1.165) is 25.4 Å². The van der Waals surface area contributed by atoms with E-state index in [4.69, 9.17) is 4.74 Å². The van der Waals surface area contributed by atoms with Gasteiger partial charge in [-0.15, -0.1) is 0 Å². The van der Waals surface area contributed by atoms with Crippen LogP contribution in [0.2, 0.25) is 0 Å². The maximum atomic E-state index is 6.18. The molecular formula is C19H31NO. The molecule has 0 saturated carbocycles. The van der Waals surface area contributed by atoms with Crippen LogP contribution in [0.25, 0.3) is 0 Å². The van der Waals surface area contributed by atoms with Crippen molar-refractivity contribution in [2.24, 2.45) is 5.92 Å². The largest absolute Gasteiger partial charge is 0.493 e. The quantitative estimate of drug-likeness (QED) is 0.897. The predicted octanol–water partition coefficient (Wildman–Crippen LogP) is 4.27. The number of hydrogen-bond donors (Lipinski definition) is 1. The molecule has 2 nitrogen and oxygen atoms in total. The topological polar surface area (TPSA) is 21.3 Å². The van der Waals surface area contributed by atoms with Gasteiger partial charge in [0.05, 0.1) is 6.61 Å². The Morgan fingerprint density at radius 1 is 1.10 bits per heavy atom. The maximum Gasteiger partial charge on any atom is 0.123 e. The van der Waals surface area contributed by atoms with Crippen LogP contribution in [-0.2, 0) is 10.8 Å². The third kappa shape index (κ3) is 4.23. The van der Waals surface area contributed by atoms with Crippen molar-refractivity contribution in [3.63, 3.8) is 0 Å². The van der Waals surface area contributed by atoms with E-state index in [1.807, 2.05) is 0 Å². The first kappa shape index (κ1) is 16.4. The zero-order chi connectivity index (χ0) is 15.7. The minimum atomic E-state index is 0.102. The van der Waals surface area contributed by atoms with Crippen molar-refractivity contribution >= 4 is 0 Å². The van der Waals surface area contributed by atoms with Gasteiger partial charge in [-0.2, -0.15) is 0 Å². The van der Waals surface area contributed by atoms with Gasteiger partial charge in [0, 0.05) is 12.5 Å². The first-order valence-corrected chi connectivity index (χ1v) is 8.16. The van der Waals surface area contributed by atoms with Crippen LogP contribution in [-0.4, -0.2) is 19.7 Å². The van der Waals surface area contributed by atoms with Crippen LogP contribution in [0.1, 0.15) is 59.1 Å². The lowest BCUT2D eigenvalue weighted by Gasteiger charge is -2.27. The molecule has 1 fully saturated rings. The van der Waals surface area contributed by atoms with Crippen molar-refractivity contribution in [2.75, 3.05) is 19.7 Å². The predicted molar refractivity (Wildman–Crippen MR) is 90.3 cm³/mol. The van der Waals surface area contributed by atoms with E-state index >= 15 is 0 Å². The summed E-state index contributed by atoms with van der Waals surface area (Å²) < 4.78 is 6.18. The van der Waals surface area contributed by atoms with Gasteiger partial charge < -0.3 is 10.1 Å². The van der Waals surface area contributed by atoms with Crippen molar-refractivity contribution in [2.45, 2.75) is 58.8 Å². The summed E-state index contributed by atoms with van der Waals surface area (Å²) in [5, 5.41) is 3.40. The number of hydrogen-bond acceptors (Lipinski definition) is 2. The van der Waals surface area contributed by atoms with Gasteiger partial charge in [0.25, 0.3) is 0 Å². The van der Waals surface area contributed by atoms with Crippen molar-refractivity contribution in [3.8, 4) is 5.75 Å². The molecule has 21 heavy (non-hydrogen) atoms. The molecule has 1 aromatic rings. The van der Waals surface area contributed by atoms with Gasteiger partial charge in [-0.05, 0) is 41.0 Å². The zero-order valence-electron chi connectivity index (χ0n) is 14.5. The fourth-order valence-corrected chi connectivity index (χ4v) is 2.77. The number of ether oxygens (including phenoxy) is 1. The first-order chi connectivity index (χ1) is 9.68. The van der Waals surface area contributed by atoms with Crippen LogP contribution in [0.4, 0.5) is 0 Å². The second-order valence-electron chi connectivity index (χ2n) is 8.38.